The van der Waals surface area contributed by atoms with Crippen molar-refractivity contribution in [2.24, 2.45) is 0 Å². The number of hydrogen-bond acceptors (Lipinski definition) is 5. The number of rotatable bonds is 10. The van der Waals surface area contributed by atoms with Crippen LogP contribution in [0, 0.1) is 0 Å². The molecule has 0 aliphatic rings. The fourth-order valence-electron chi connectivity index (χ4n) is 2.46. The Labute approximate surface area is 190 Å². The third kappa shape index (κ3) is 7.67. The smallest absolute Gasteiger partial charge is 0.475 e. The van der Waals surface area contributed by atoms with Crippen LogP contribution in [0.2, 0.25) is 0 Å². The topological polar surface area (TPSA) is 82.1 Å². The summed E-state index contributed by atoms with van der Waals surface area (Å²) in [6.45, 7) is 0.108. The standard InChI is InChI=1S/C22H21O6P.Ag/c23-22(24)21-13-11-20(12-14-21)17-28-29(25,26-15-18-7-3-1-4-8-18)27-16-19-9-5-2-6-10-19;/h1-14H,15-17H2,(H,23,24);. The van der Waals surface area contributed by atoms with E-state index < -0.39 is 13.8 Å². The first-order valence-electron chi connectivity index (χ1n) is 8.98. The summed E-state index contributed by atoms with van der Waals surface area (Å²) in [5.41, 5.74) is 2.50. The van der Waals surface area contributed by atoms with Gasteiger partial charge in [-0.3, -0.25) is 13.6 Å². The molecule has 0 bridgehead atoms. The number of carboxylic acid groups (broad SMARTS) is 1. The van der Waals surface area contributed by atoms with E-state index >= 15 is 0 Å². The maximum Gasteiger partial charge on any atom is 0.475 e. The summed E-state index contributed by atoms with van der Waals surface area (Å²) in [6.07, 6.45) is 0. The summed E-state index contributed by atoms with van der Waals surface area (Å²) in [7, 11) is -3.86. The van der Waals surface area contributed by atoms with Gasteiger partial charge in [0.1, 0.15) is 0 Å². The molecule has 1 radical (unpaired) electrons. The van der Waals surface area contributed by atoms with Crippen molar-refractivity contribution in [2.75, 3.05) is 0 Å². The van der Waals surface area contributed by atoms with Gasteiger partial charge in [-0.2, -0.15) is 0 Å². The summed E-state index contributed by atoms with van der Waals surface area (Å²) < 4.78 is 29.7. The van der Waals surface area contributed by atoms with Crippen LogP contribution in [-0.4, -0.2) is 11.1 Å². The monoisotopic (exact) mass is 519 g/mol. The van der Waals surface area contributed by atoms with Crippen LogP contribution in [0.5, 0.6) is 0 Å². The van der Waals surface area contributed by atoms with Crippen LogP contribution in [-0.2, 0) is 60.3 Å². The molecule has 0 amide bonds. The van der Waals surface area contributed by atoms with Gasteiger partial charge in [0.2, 0.25) is 0 Å². The molecule has 0 fully saturated rings. The van der Waals surface area contributed by atoms with Gasteiger partial charge in [-0.25, -0.2) is 9.36 Å². The Morgan fingerprint density at radius 3 is 1.40 bits per heavy atom. The summed E-state index contributed by atoms with van der Waals surface area (Å²) in [5, 5.41) is 8.98. The second-order valence-electron chi connectivity index (χ2n) is 6.24. The molecule has 0 heterocycles. The Morgan fingerprint density at radius 2 is 1.03 bits per heavy atom. The maximum atomic E-state index is 13.1. The zero-order valence-corrected chi connectivity index (χ0v) is 18.3. The molecule has 6 nitrogen and oxygen atoms in total. The van der Waals surface area contributed by atoms with Crippen LogP contribution in [0.3, 0.4) is 0 Å². The fraction of sp³-hybridized carbons (Fsp3) is 0.136. The third-order valence-corrected chi connectivity index (χ3v) is 5.39. The molecule has 8 heteroatoms. The average Bonchev–Trinajstić information content (AvgIpc) is 2.77. The van der Waals surface area contributed by atoms with E-state index in [1.807, 2.05) is 60.7 Å². The molecule has 0 aliphatic heterocycles. The Morgan fingerprint density at radius 1 is 0.667 bits per heavy atom. The van der Waals surface area contributed by atoms with Crippen molar-refractivity contribution in [3.8, 4) is 0 Å². The minimum Gasteiger partial charge on any atom is -0.478 e. The first-order valence-corrected chi connectivity index (χ1v) is 10.4. The molecule has 3 aromatic carbocycles. The molecular formula is C22H21AgO6P. The molecule has 0 aromatic heterocycles. The van der Waals surface area contributed by atoms with Crippen LogP contribution in [0.1, 0.15) is 27.0 Å². The van der Waals surface area contributed by atoms with E-state index in [9.17, 15) is 9.36 Å². The van der Waals surface area contributed by atoms with E-state index in [1.54, 1.807) is 12.1 Å². The largest absolute Gasteiger partial charge is 0.478 e. The van der Waals surface area contributed by atoms with Crippen LogP contribution in [0.15, 0.2) is 84.9 Å². The average molecular weight is 520 g/mol. The molecule has 0 atom stereocenters. The molecular weight excluding hydrogens is 499 g/mol. The van der Waals surface area contributed by atoms with Crippen LogP contribution in [0.4, 0.5) is 0 Å². The van der Waals surface area contributed by atoms with Crippen molar-refractivity contribution in [2.45, 2.75) is 19.8 Å². The van der Waals surface area contributed by atoms with Gasteiger partial charge in [0, 0.05) is 22.4 Å². The number of benzene rings is 3. The minimum atomic E-state index is -3.86. The molecule has 30 heavy (non-hydrogen) atoms. The second kappa shape index (κ2) is 12.0. The van der Waals surface area contributed by atoms with E-state index in [1.165, 1.54) is 12.1 Å². The Bertz CT molecular complexity index is 916. The molecule has 3 aromatic rings. The maximum absolute atomic E-state index is 13.1. The van der Waals surface area contributed by atoms with E-state index in [2.05, 4.69) is 0 Å². The molecule has 161 valence electrons. The molecule has 0 aliphatic carbocycles. The predicted octanol–water partition coefficient (Wildman–Crippen LogP) is 5.44. The van der Waals surface area contributed by atoms with Crippen molar-refractivity contribution < 1.29 is 50.4 Å². The van der Waals surface area contributed by atoms with Gasteiger partial charge >= 0.3 is 13.8 Å². The van der Waals surface area contributed by atoms with E-state index in [-0.39, 0.29) is 47.8 Å². The third-order valence-electron chi connectivity index (χ3n) is 4.05. The first kappa shape index (κ1) is 24.3. The number of carbonyl (C=O) groups is 1. The van der Waals surface area contributed by atoms with Gasteiger partial charge in [0.25, 0.3) is 0 Å². The van der Waals surface area contributed by atoms with Gasteiger partial charge in [-0.1, -0.05) is 72.8 Å². The SMILES string of the molecule is O=C(O)c1ccc(COP(=O)(OCc2ccccc2)OCc2ccccc2)cc1.[Ag]. The van der Waals surface area contributed by atoms with Crippen molar-refractivity contribution in [3.05, 3.63) is 107 Å². The fourth-order valence-corrected chi connectivity index (χ4v) is 3.61. The molecule has 0 spiro atoms. The van der Waals surface area contributed by atoms with Crippen LogP contribution < -0.4 is 0 Å². The van der Waals surface area contributed by atoms with Gasteiger partial charge in [0.05, 0.1) is 25.4 Å². The number of phosphoric ester groups is 1. The van der Waals surface area contributed by atoms with Crippen LogP contribution >= 0.6 is 7.82 Å². The van der Waals surface area contributed by atoms with Gasteiger partial charge in [0.15, 0.2) is 0 Å². The van der Waals surface area contributed by atoms with E-state index in [4.69, 9.17) is 18.7 Å². The van der Waals surface area contributed by atoms with Crippen molar-refractivity contribution >= 4 is 13.8 Å². The Kier molecular flexibility index (Phi) is 9.69. The molecule has 0 unspecified atom stereocenters. The van der Waals surface area contributed by atoms with Crippen molar-refractivity contribution in [1.29, 1.82) is 0 Å². The predicted molar refractivity (Wildman–Crippen MR) is 108 cm³/mol. The van der Waals surface area contributed by atoms with Crippen LogP contribution in [0.25, 0.3) is 0 Å². The molecule has 0 saturated carbocycles. The molecule has 0 saturated heterocycles. The number of carboxylic acids is 1. The number of phosphoric acid groups is 1. The van der Waals surface area contributed by atoms with E-state index in [0.29, 0.717) is 5.56 Å². The van der Waals surface area contributed by atoms with Gasteiger partial charge < -0.3 is 5.11 Å². The second-order valence-corrected chi connectivity index (χ2v) is 7.91. The normalized spacial score (nSPS) is 10.9. The zero-order chi connectivity index (χ0) is 20.5. The first-order chi connectivity index (χ1) is 14.0. The van der Waals surface area contributed by atoms with Crippen molar-refractivity contribution in [3.63, 3.8) is 0 Å². The minimum absolute atomic E-state index is 0. The molecule has 1 N–H and O–H groups in total. The zero-order valence-electron chi connectivity index (χ0n) is 15.9. The van der Waals surface area contributed by atoms with Gasteiger partial charge in [-0.15, -0.1) is 0 Å². The number of hydrogen-bond donors (Lipinski definition) is 1. The summed E-state index contributed by atoms with van der Waals surface area (Å²) in [5.74, 6) is -1.01. The Balaban J connectivity index is 0.00000320. The van der Waals surface area contributed by atoms with Gasteiger partial charge in [-0.05, 0) is 28.8 Å². The summed E-state index contributed by atoms with van der Waals surface area (Å²) in [4.78, 5) is 11.0. The van der Waals surface area contributed by atoms with Crippen molar-refractivity contribution in [1.82, 2.24) is 0 Å². The quantitative estimate of drug-likeness (QED) is 0.283. The summed E-state index contributed by atoms with van der Waals surface area (Å²) >= 11 is 0. The summed E-state index contributed by atoms with van der Waals surface area (Å²) in [6, 6.07) is 24.7. The number of aromatic carboxylic acids is 1. The van der Waals surface area contributed by atoms with E-state index in [0.717, 1.165) is 11.1 Å². The molecule has 3 rings (SSSR count). The Hall–Kier alpha value is -2.02.